The van der Waals surface area contributed by atoms with Crippen molar-refractivity contribution in [3.05, 3.63) is 75.8 Å². The molecule has 1 heterocycles. The first-order valence-electron chi connectivity index (χ1n) is 8.62. The van der Waals surface area contributed by atoms with E-state index in [1.54, 1.807) is 23.1 Å². The summed E-state index contributed by atoms with van der Waals surface area (Å²) >= 11 is 0. The van der Waals surface area contributed by atoms with Crippen LogP contribution < -0.4 is 10.2 Å². The van der Waals surface area contributed by atoms with E-state index in [9.17, 15) is 19.7 Å². The molecule has 7 heteroatoms. The molecule has 0 aromatic heterocycles. The Labute approximate surface area is 156 Å². The minimum Gasteiger partial charge on any atom is -0.348 e. The van der Waals surface area contributed by atoms with Gasteiger partial charge in [0, 0.05) is 43.4 Å². The number of rotatable bonds is 6. The highest BCUT2D eigenvalue weighted by Crippen LogP contribution is 2.21. The summed E-state index contributed by atoms with van der Waals surface area (Å²) in [6, 6.07) is 13.6. The van der Waals surface area contributed by atoms with Crippen LogP contribution in [-0.2, 0) is 16.1 Å². The summed E-state index contributed by atoms with van der Waals surface area (Å²) in [6.07, 6.45) is 4.56. The van der Waals surface area contributed by atoms with Crippen LogP contribution in [0.15, 0.2) is 54.6 Å². The minimum absolute atomic E-state index is 0.00568. The van der Waals surface area contributed by atoms with Crippen LogP contribution in [0.25, 0.3) is 6.08 Å². The van der Waals surface area contributed by atoms with Crippen molar-refractivity contribution in [3.8, 4) is 0 Å². The van der Waals surface area contributed by atoms with Gasteiger partial charge in [-0.25, -0.2) is 0 Å². The summed E-state index contributed by atoms with van der Waals surface area (Å²) in [6.45, 7) is 0.953. The molecule has 1 aliphatic rings. The number of carbonyl (C=O) groups excluding carboxylic acids is 2. The molecule has 1 fully saturated rings. The Balaban J connectivity index is 1.54. The molecule has 0 spiro atoms. The van der Waals surface area contributed by atoms with E-state index in [0.29, 0.717) is 12.0 Å². The van der Waals surface area contributed by atoms with Gasteiger partial charge in [-0.05, 0) is 35.8 Å². The minimum atomic E-state index is -0.468. The molecule has 1 N–H and O–H groups in total. The van der Waals surface area contributed by atoms with Gasteiger partial charge < -0.3 is 10.2 Å². The van der Waals surface area contributed by atoms with Crippen molar-refractivity contribution in [2.75, 3.05) is 11.4 Å². The fraction of sp³-hybridized carbons (Fsp3) is 0.200. The van der Waals surface area contributed by atoms with E-state index in [-0.39, 0.29) is 24.0 Å². The fourth-order valence-corrected chi connectivity index (χ4v) is 2.89. The van der Waals surface area contributed by atoms with E-state index >= 15 is 0 Å². The summed E-state index contributed by atoms with van der Waals surface area (Å²) in [7, 11) is 0. The third-order valence-electron chi connectivity index (χ3n) is 4.29. The first-order valence-corrected chi connectivity index (χ1v) is 8.62. The van der Waals surface area contributed by atoms with Crippen LogP contribution in [0.2, 0.25) is 0 Å². The molecule has 7 nitrogen and oxygen atoms in total. The van der Waals surface area contributed by atoms with E-state index in [1.807, 2.05) is 24.3 Å². The van der Waals surface area contributed by atoms with Crippen LogP contribution in [0.1, 0.15) is 24.0 Å². The van der Waals surface area contributed by atoms with Gasteiger partial charge in [-0.2, -0.15) is 0 Å². The van der Waals surface area contributed by atoms with Crippen LogP contribution in [0.3, 0.4) is 0 Å². The largest absolute Gasteiger partial charge is 0.348 e. The lowest BCUT2D eigenvalue weighted by molar-refractivity contribution is -0.384. The number of benzene rings is 2. The number of anilines is 1. The maximum Gasteiger partial charge on any atom is 0.269 e. The van der Waals surface area contributed by atoms with Gasteiger partial charge in [-0.15, -0.1) is 0 Å². The quantitative estimate of drug-likeness (QED) is 0.484. The normalized spacial score (nSPS) is 13.9. The summed E-state index contributed by atoms with van der Waals surface area (Å²) in [5.74, 6) is -0.154. The van der Waals surface area contributed by atoms with E-state index < -0.39 is 4.92 Å². The standard InChI is InChI=1S/C20H19N3O4/c24-19(21-14-16-3-1-4-18(13-16)23(26)27)11-8-15-6-9-17(10-7-15)22-12-2-5-20(22)25/h1,3-4,6-11,13H,2,5,12,14H2,(H,21,24). The molecule has 27 heavy (non-hydrogen) atoms. The smallest absolute Gasteiger partial charge is 0.269 e. The summed E-state index contributed by atoms with van der Waals surface area (Å²) in [5.41, 5.74) is 2.36. The molecular formula is C20H19N3O4. The maximum absolute atomic E-state index is 11.9. The predicted octanol–water partition coefficient (Wildman–Crippen LogP) is 3.05. The highest BCUT2D eigenvalue weighted by atomic mass is 16.6. The molecule has 1 aliphatic heterocycles. The summed E-state index contributed by atoms with van der Waals surface area (Å²) in [4.78, 5) is 35.7. The molecule has 3 rings (SSSR count). The van der Waals surface area contributed by atoms with E-state index in [2.05, 4.69) is 5.32 Å². The number of nitrogens with zero attached hydrogens (tertiary/aromatic N) is 2. The number of nitro groups is 1. The number of hydrogen-bond donors (Lipinski definition) is 1. The highest BCUT2D eigenvalue weighted by molar-refractivity contribution is 5.95. The topological polar surface area (TPSA) is 92.6 Å². The van der Waals surface area contributed by atoms with E-state index in [4.69, 9.17) is 0 Å². The number of hydrogen-bond acceptors (Lipinski definition) is 4. The van der Waals surface area contributed by atoms with Crippen molar-refractivity contribution in [1.29, 1.82) is 0 Å². The van der Waals surface area contributed by atoms with E-state index in [1.165, 1.54) is 18.2 Å². The molecule has 0 radical (unpaired) electrons. The highest BCUT2D eigenvalue weighted by Gasteiger charge is 2.21. The third kappa shape index (κ3) is 4.78. The lowest BCUT2D eigenvalue weighted by Crippen LogP contribution is -2.23. The molecule has 0 unspecified atom stereocenters. The first-order chi connectivity index (χ1) is 13.0. The molecular weight excluding hydrogens is 346 g/mol. The number of non-ortho nitro benzene ring substituents is 1. The summed E-state index contributed by atoms with van der Waals surface area (Å²) in [5, 5.41) is 13.5. The first kappa shape index (κ1) is 18.3. The summed E-state index contributed by atoms with van der Waals surface area (Å²) < 4.78 is 0. The SMILES string of the molecule is O=C(C=Cc1ccc(N2CCCC2=O)cc1)NCc1cccc([N+](=O)[O-])c1. The van der Waals surface area contributed by atoms with Crippen molar-refractivity contribution < 1.29 is 14.5 Å². The zero-order valence-corrected chi connectivity index (χ0v) is 14.6. The molecule has 2 aromatic rings. The van der Waals surface area contributed by atoms with E-state index in [0.717, 1.165) is 24.2 Å². The fourth-order valence-electron chi connectivity index (χ4n) is 2.89. The van der Waals surface area contributed by atoms with Gasteiger partial charge in [0.1, 0.15) is 0 Å². The van der Waals surface area contributed by atoms with Gasteiger partial charge >= 0.3 is 0 Å². The number of nitro benzene ring substituents is 1. The van der Waals surface area contributed by atoms with Gasteiger partial charge in [-0.1, -0.05) is 24.3 Å². The molecule has 138 valence electrons. The predicted molar refractivity (Wildman–Crippen MR) is 102 cm³/mol. The molecule has 1 saturated heterocycles. The molecule has 2 amide bonds. The van der Waals surface area contributed by atoms with Crippen molar-refractivity contribution in [2.24, 2.45) is 0 Å². The molecule has 0 bridgehead atoms. The maximum atomic E-state index is 11.9. The molecule has 0 aliphatic carbocycles. The van der Waals surface area contributed by atoms with Crippen molar-refractivity contribution >= 4 is 29.3 Å². The van der Waals surface area contributed by atoms with Crippen molar-refractivity contribution in [2.45, 2.75) is 19.4 Å². The lowest BCUT2D eigenvalue weighted by Gasteiger charge is -2.15. The molecule has 0 saturated carbocycles. The average molecular weight is 365 g/mol. The van der Waals surface area contributed by atoms with Crippen LogP contribution in [0.5, 0.6) is 0 Å². The van der Waals surface area contributed by atoms with Crippen LogP contribution in [0.4, 0.5) is 11.4 Å². The average Bonchev–Trinajstić information content (AvgIpc) is 3.11. The second-order valence-corrected chi connectivity index (χ2v) is 6.22. The Bertz CT molecular complexity index is 890. The lowest BCUT2D eigenvalue weighted by atomic mass is 10.1. The number of carbonyl (C=O) groups is 2. The van der Waals surface area contributed by atoms with Gasteiger partial charge in [0.2, 0.25) is 11.8 Å². The second-order valence-electron chi connectivity index (χ2n) is 6.22. The second kappa shape index (κ2) is 8.27. The number of amides is 2. The Hall–Kier alpha value is -3.48. The van der Waals surface area contributed by atoms with Crippen LogP contribution in [-0.4, -0.2) is 23.3 Å². The zero-order chi connectivity index (χ0) is 19.2. The third-order valence-corrected chi connectivity index (χ3v) is 4.29. The van der Waals surface area contributed by atoms with Gasteiger partial charge in [-0.3, -0.25) is 19.7 Å². The number of nitrogens with one attached hydrogen (secondary N) is 1. The Morgan fingerprint density at radius 2 is 2.00 bits per heavy atom. The van der Waals surface area contributed by atoms with Gasteiger partial charge in [0.25, 0.3) is 5.69 Å². The van der Waals surface area contributed by atoms with Gasteiger partial charge in [0.15, 0.2) is 0 Å². The van der Waals surface area contributed by atoms with Crippen molar-refractivity contribution in [1.82, 2.24) is 5.32 Å². The monoisotopic (exact) mass is 365 g/mol. The van der Waals surface area contributed by atoms with Crippen LogP contribution >= 0.6 is 0 Å². The Morgan fingerprint density at radius 1 is 1.22 bits per heavy atom. The Kier molecular flexibility index (Phi) is 5.61. The van der Waals surface area contributed by atoms with Crippen LogP contribution in [0, 0.1) is 10.1 Å². The molecule has 2 aromatic carbocycles. The molecule has 0 atom stereocenters. The van der Waals surface area contributed by atoms with Crippen molar-refractivity contribution in [3.63, 3.8) is 0 Å². The van der Waals surface area contributed by atoms with Gasteiger partial charge in [0.05, 0.1) is 4.92 Å². The zero-order valence-electron chi connectivity index (χ0n) is 14.6. The Morgan fingerprint density at radius 3 is 2.67 bits per heavy atom.